The summed E-state index contributed by atoms with van der Waals surface area (Å²) in [7, 11) is 0. The first-order valence-electron chi connectivity index (χ1n) is 6.82. The minimum absolute atomic E-state index is 0.549. The van der Waals surface area contributed by atoms with Crippen LogP contribution >= 0.6 is 0 Å². The van der Waals surface area contributed by atoms with E-state index in [0.29, 0.717) is 11.6 Å². The van der Waals surface area contributed by atoms with Gasteiger partial charge in [0.05, 0.1) is 0 Å². The van der Waals surface area contributed by atoms with Crippen molar-refractivity contribution in [3.63, 3.8) is 0 Å². The van der Waals surface area contributed by atoms with E-state index >= 15 is 0 Å². The molecule has 2 rings (SSSR count). The molecule has 0 aliphatic carbocycles. The van der Waals surface area contributed by atoms with Gasteiger partial charge in [-0.3, -0.25) is 0 Å². The lowest BCUT2D eigenvalue weighted by Crippen LogP contribution is -1.98. The van der Waals surface area contributed by atoms with Gasteiger partial charge in [0.25, 0.3) is 0 Å². The van der Waals surface area contributed by atoms with Crippen molar-refractivity contribution in [2.24, 2.45) is 0 Å². The lowest BCUT2D eigenvalue weighted by atomic mass is 10.1. The molecule has 0 amide bonds. The highest BCUT2D eigenvalue weighted by Crippen LogP contribution is 2.17. The molecule has 4 heteroatoms. The Hall–Kier alpha value is -2.36. The Kier molecular flexibility index (Phi) is 6.23. The Morgan fingerprint density at radius 2 is 1.90 bits per heavy atom. The second-order valence-electron chi connectivity index (χ2n) is 4.00. The zero-order chi connectivity index (χ0) is 15.0. The largest absolute Gasteiger partial charge is 0.399 e. The molecule has 20 heavy (non-hydrogen) atoms. The van der Waals surface area contributed by atoms with Gasteiger partial charge in [-0.15, -0.1) is 0 Å². The van der Waals surface area contributed by atoms with Crippen molar-refractivity contribution in [3.05, 3.63) is 48.8 Å². The number of rotatable bonds is 4. The van der Waals surface area contributed by atoms with Gasteiger partial charge in [0.2, 0.25) is 5.95 Å². The number of aromatic nitrogens is 2. The van der Waals surface area contributed by atoms with Crippen LogP contribution in [0.2, 0.25) is 0 Å². The first kappa shape index (κ1) is 15.7. The fourth-order valence-electron chi connectivity index (χ4n) is 1.52. The maximum Gasteiger partial charge on any atom is 0.227 e. The predicted octanol–water partition coefficient (Wildman–Crippen LogP) is 4.25. The summed E-state index contributed by atoms with van der Waals surface area (Å²) in [5.41, 5.74) is 9.28. The molecule has 2 aromatic rings. The Bertz CT molecular complexity index is 547. The summed E-state index contributed by atoms with van der Waals surface area (Å²) < 4.78 is 0. The number of nitrogens with one attached hydrogen (secondary N) is 1. The van der Waals surface area contributed by atoms with Crippen LogP contribution in [0, 0.1) is 0 Å². The fraction of sp³-hybridized carbons (Fsp3) is 0.250. The van der Waals surface area contributed by atoms with Crippen LogP contribution in [0.5, 0.6) is 0 Å². The first-order valence-corrected chi connectivity index (χ1v) is 6.82. The molecule has 0 saturated carbocycles. The van der Waals surface area contributed by atoms with Gasteiger partial charge in [-0.1, -0.05) is 33.4 Å². The van der Waals surface area contributed by atoms with Gasteiger partial charge in [-0.05, 0) is 30.2 Å². The molecule has 0 aliphatic heterocycles. The molecule has 4 nitrogen and oxygen atoms in total. The minimum Gasteiger partial charge on any atom is -0.399 e. The first-order chi connectivity index (χ1) is 9.69. The number of hydrogen-bond acceptors (Lipinski definition) is 4. The highest BCUT2D eigenvalue weighted by Gasteiger charge is 2.00. The van der Waals surface area contributed by atoms with Gasteiger partial charge in [-0.25, -0.2) is 9.97 Å². The van der Waals surface area contributed by atoms with E-state index in [1.165, 1.54) is 0 Å². The van der Waals surface area contributed by atoms with Crippen LogP contribution in [-0.4, -0.2) is 9.97 Å². The normalized spacial score (nSPS) is 9.35. The third-order valence-electron chi connectivity index (χ3n) is 2.63. The van der Waals surface area contributed by atoms with E-state index in [9.17, 15) is 0 Å². The summed E-state index contributed by atoms with van der Waals surface area (Å²) in [5.74, 6) is 0.549. The minimum atomic E-state index is 0.549. The van der Waals surface area contributed by atoms with Crippen LogP contribution in [0.4, 0.5) is 17.3 Å². The predicted molar refractivity (Wildman–Crippen MR) is 86.8 cm³/mol. The smallest absolute Gasteiger partial charge is 0.227 e. The van der Waals surface area contributed by atoms with Crippen LogP contribution in [0.15, 0.2) is 43.2 Å². The number of nitrogen functional groups attached to an aromatic ring is 1. The molecule has 3 N–H and O–H groups in total. The summed E-state index contributed by atoms with van der Waals surface area (Å²) in [6, 6.07) is 7.46. The summed E-state index contributed by atoms with van der Waals surface area (Å²) in [6.45, 7) is 10.0. The van der Waals surface area contributed by atoms with Crippen molar-refractivity contribution in [2.45, 2.75) is 27.2 Å². The maximum absolute atomic E-state index is 5.70. The summed E-state index contributed by atoms with van der Waals surface area (Å²) in [5, 5.41) is 3.10. The highest BCUT2D eigenvalue weighted by atomic mass is 15.1. The monoisotopic (exact) mass is 270 g/mol. The fourth-order valence-corrected chi connectivity index (χ4v) is 1.52. The quantitative estimate of drug-likeness (QED) is 0.815. The van der Waals surface area contributed by atoms with Gasteiger partial charge >= 0.3 is 0 Å². The number of allylic oxidation sites excluding steroid dienone is 1. The number of nitrogens with zero attached hydrogens (tertiary/aromatic N) is 2. The van der Waals surface area contributed by atoms with Gasteiger partial charge < -0.3 is 11.1 Å². The van der Waals surface area contributed by atoms with E-state index in [2.05, 4.69) is 28.8 Å². The topological polar surface area (TPSA) is 63.8 Å². The standard InChI is InChI=1S/C14H16N4.C2H6/c1-3-10(2)11-8-16-14(17-9-11)18-13-6-4-5-12(15)7-13;1-2/h4-9H,2-3,15H2,1H3,(H,16,17,18);1-2H3. The van der Waals surface area contributed by atoms with Crippen LogP contribution in [0.3, 0.4) is 0 Å². The second-order valence-corrected chi connectivity index (χ2v) is 4.00. The lowest BCUT2D eigenvalue weighted by Gasteiger charge is -2.06. The van der Waals surface area contributed by atoms with Gasteiger partial charge in [-0.2, -0.15) is 0 Å². The van der Waals surface area contributed by atoms with Crippen molar-refractivity contribution < 1.29 is 0 Å². The molecule has 0 radical (unpaired) electrons. The van der Waals surface area contributed by atoms with Crippen LogP contribution in [-0.2, 0) is 0 Å². The molecule has 1 aromatic heterocycles. The molecule has 0 unspecified atom stereocenters. The number of nitrogens with two attached hydrogens (primary N) is 1. The molecule has 0 saturated heterocycles. The molecule has 106 valence electrons. The Labute approximate surface area is 120 Å². The van der Waals surface area contributed by atoms with E-state index in [1.54, 1.807) is 12.4 Å². The van der Waals surface area contributed by atoms with Crippen molar-refractivity contribution in [1.82, 2.24) is 9.97 Å². The molecule has 0 aliphatic rings. The number of anilines is 3. The van der Waals surface area contributed by atoms with Crippen LogP contribution in [0.1, 0.15) is 32.8 Å². The van der Waals surface area contributed by atoms with Crippen molar-refractivity contribution in [3.8, 4) is 0 Å². The molecule has 1 heterocycles. The van der Waals surface area contributed by atoms with E-state index in [0.717, 1.165) is 23.2 Å². The van der Waals surface area contributed by atoms with Crippen molar-refractivity contribution >= 4 is 22.9 Å². The average Bonchev–Trinajstić information content (AvgIpc) is 2.49. The van der Waals surface area contributed by atoms with Gasteiger partial charge in [0.15, 0.2) is 0 Å². The Morgan fingerprint density at radius 3 is 2.45 bits per heavy atom. The number of benzene rings is 1. The molecule has 0 fully saturated rings. The van der Waals surface area contributed by atoms with Crippen molar-refractivity contribution in [2.75, 3.05) is 11.1 Å². The molecule has 1 aromatic carbocycles. The van der Waals surface area contributed by atoms with Crippen LogP contribution in [0.25, 0.3) is 5.57 Å². The third-order valence-corrected chi connectivity index (χ3v) is 2.63. The van der Waals surface area contributed by atoms with Gasteiger partial charge in [0, 0.05) is 29.3 Å². The Morgan fingerprint density at radius 1 is 1.25 bits per heavy atom. The summed E-state index contributed by atoms with van der Waals surface area (Å²) in [6.07, 6.45) is 4.44. The van der Waals surface area contributed by atoms with E-state index < -0.39 is 0 Å². The molecule has 0 atom stereocenters. The number of hydrogen-bond donors (Lipinski definition) is 2. The summed E-state index contributed by atoms with van der Waals surface area (Å²) in [4.78, 5) is 8.50. The molecular weight excluding hydrogens is 248 g/mol. The maximum atomic E-state index is 5.70. The average molecular weight is 270 g/mol. The van der Waals surface area contributed by atoms with E-state index in [-0.39, 0.29) is 0 Å². The molecular formula is C16H22N4. The van der Waals surface area contributed by atoms with Crippen LogP contribution < -0.4 is 11.1 Å². The van der Waals surface area contributed by atoms with E-state index in [1.807, 2.05) is 38.1 Å². The molecule has 0 bridgehead atoms. The zero-order valence-corrected chi connectivity index (χ0v) is 12.4. The van der Waals surface area contributed by atoms with Crippen molar-refractivity contribution in [1.29, 1.82) is 0 Å². The highest BCUT2D eigenvalue weighted by molar-refractivity contribution is 5.63. The third kappa shape index (κ3) is 4.39. The Balaban J connectivity index is 0.000000956. The molecule has 0 spiro atoms. The summed E-state index contributed by atoms with van der Waals surface area (Å²) >= 11 is 0. The van der Waals surface area contributed by atoms with E-state index in [4.69, 9.17) is 5.73 Å². The lowest BCUT2D eigenvalue weighted by molar-refractivity contribution is 1.13. The SMILES string of the molecule is C=C(CC)c1cnc(Nc2cccc(N)c2)nc1.CC. The zero-order valence-electron chi connectivity index (χ0n) is 12.4. The second kappa shape index (κ2) is 7.94. The van der Waals surface area contributed by atoms with Gasteiger partial charge in [0.1, 0.15) is 0 Å².